The topological polar surface area (TPSA) is 78.1 Å². The molecule has 0 bridgehead atoms. The Kier molecular flexibility index (Phi) is 6.86. The van der Waals surface area contributed by atoms with Crippen LogP contribution in [0.2, 0.25) is 0 Å². The average Bonchev–Trinajstić information content (AvgIpc) is 2.55. The zero-order valence-corrected chi connectivity index (χ0v) is 17.8. The number of rotatable bonds is 1. The van der Waals surface area contributed by atoms with Crippen molar-refractivity contribution in [3.05, 3.63) is 74.8 Å². The molecule has 0 radical (unpaired) electrons. The standard InChI is InChI=1S/C12H12Cl2N2.C6H5Br2N/c13-12(14)7-9(3-6-11(12)16)8-1-4-10(15)5-2-8;7-4-1-2-5(8)6(9)3-4/h1-6H,7,15-16H2;1-3H,9H2. The summed E-state index contributed by atoms with van der Waals surface area (Å²) in [5, 5.41) is 0. The number of alkyl halides is 2. The van der Waals surface area contributed by atoms with Gasteiger partial charge in [-0.2, -0.15) is 0 Å². The van der Waals surface area contributed by atoms with Gasteiger partial charge in [-0.3, -0.25) is 0 Å². The van der Waals surface area contributed by atoms with Crippen molar-refractivity contribution in [2.24, 2.45) is 5.73 Å². The molecule has 0 spiro atoms. The van der Waals surface area contributed by atoms with E-state index in [4.69, 9.17) is 40.4 Å². The van der Waals surface area contributed by atoms with E-state index in [0.717, 1.165) is 31.5 Å². The second-order valence-corrected chi connectivity index (χ2v) is 8.74. The summed E-state index contributed by atoms with van der Waals surface area (Å²) in [7, 11) is 0. The van der Waals surface area contributed by atoms with E-state index in [1.807, 2.05) is 48.5 Å². The highest BCUT2D eigenvalue weighted by atomic mass is 79.9. The second kappa shape index (κ2) is 8.49. The number of nitrogen functional groups attached to an aromatic ring is 2. The Morgan fingerprint density at radius 3 is 2.04 bits per heavy atom. The third-order valence-corrected chi connectivity index (χ3v) is 5.46. The highest BCUT2D eigenvalue weighted by Crippen LogP contribution is 2.40. The van der Waals surface area contributed by atoms with Gasteiger partial charge in [0.15, 0.2) is 4.33 Å². The van der Waals surface area contributed by atoms with Gasteiger partial charge in [0.1, 0.15) is 0 Å². The van der Waals surface area contributed by atoms with Crippen LogP contribution in [0.5, 0.6) is 0 Å². The van der Waals surface area contributed by atoms with Crippen molar-refractivity contribution in [3.63, 3.8) is 0 Å². The Morgan fingerprint density at radius 2 is 1.52 bits per heavy atom. The molecule has 1 aliphatic carbocycles. The predicted molar refractivity (Wildman–Crippen MR) is 116 cm³/mol. The first-order chi connectivity index (χ1) is 11.7. The summed E-state index contributed by atoms with van der Waals surface area (Å²) >= 11 is 18.8. The van der Waals surface area contributed by atoms with E-state index in [0.29, 0.717) is 12.1 Å². The summed E-state index contributed by atoms with van der Waals surface area (Å²) in [6.07, 6.45) is 4.18. The van der Waals surface area contributed by atoms with Crippen LogP contribution in [0.4, 0.5) is 11.4 Å². The van der Waals surface area contributed by atoms with E-state index >= 15 is 0 Å². The zero-order valence-electron chi connectivity index (χ0n) is 13.1. The molecule has 1 aliphatic rings. The van der Waals surface area contributed by atoms with E-state index < -0.39 is 4.33 Å². The molecule has 0 fully saturated rings. The third kappa shape index (κ3) is 5.68. The molecule has 0 aromatic heterocycles. The molecule has 0 aliphatic heterocycles. The monoisotopic (exact) mass is 503 g/mol. The van der Waals surface area contributed by atoms with Crippen molar-refractivity contribution < 1.29 is 0 Å². The number of nitrogens with two attached hydrogens (primary N) is 3. The van der Waals surface area contributed by atoms with Crippen molar-refractivity contribution in [1.82, 2.24) is 0 Å². The molecular formula is C18H17Br2Cl2N3. The Balaban J connectivity index is 0.000000212. The number of allylic oxidation sites excluding steroid dienone is 4. The van der Waals surface area contributed by atoms with Crippen molar-refractivity contribution >= 4 is 72.0 Å². The summed E-state index contributed by atoms with van der Waals surface area (Å²) < 4.78 is 0.930. The summed E-state index contributed by atoms with van der Waals surface area (Å²) in [6.45, 7) is 0. The number of hydrogen-bond donors (Lipinski definition) is 3. The maximum atomic E-state index is 6.11. The Morgan fingerprint density at radius 1 is 0.880 bits per heavy atom. The van der Waals surface area contributed by atoms with Gasteiger partial charge in [-0.15, -0.1) is 0 Å². The van der Waals surface area contributed by atoms with E-state index in [1.165, 1.54) is 0 Å². The van der Waals surface area contributed by atoms with Gasteiger partial charge in [0.05, 0.1) is 0 Å². The maximum absolute atomic E-state index is 6.11. The first-order valence-corrected chi connectivity index (χ1v) is 9.64. The molecule has 0 unspecified atom stereocenters. The third-order valence-electron chi connectivity index (χ3n) is 3.54. The molecule has 0 saturated carbocycles. The molecule has 2 aromatic rings. The minimum absolute atomic E-state index is 0.482. The number of benzene rings is 2. The summed E-state index contributed by atoms with van der Waals surface area (Å²) in [6, 6.07) is 13.3. The van der Waals surface area contributed by atoms with E-state index in [1.54, 1.807) is 6.08 Å². The molecule has 3 rings (SSSR count). The van der Waals surface area contributed by atoms with Gasteiger partial charge in [0, 0.05) is 32.4 Å². The largest absolute Gasteiger partial charge is 0.400 e. The van der Waals surface area contributed by atoms with Crippen LogP contribution in [0.1, 0.15) is 12.0 Å². The molecule has 3 nitrogen and oxygen atoms in total. The lowest BCUT2D eigenvalue weighted by atomic mass is 9.95. The smallest absolute Gasteiger partial charge is 0.161 e. The van der Waals surface area contributed by atoms with Gasteiger partial charge in [-0.1, -0.05) is 57.3 Å². The number of anilines is 2. The van der Waals surface area contributed by atoms with Gasteiger partial charge >= 0.3 is 0 Å². The van der Waals surface area contributed by atoms with Crippen LogP contribution in [0.25, 0.3) is 5.57 Å². The molecule has 0 amide bonds. The lowest BCUT2D eigenvalue weighted by molar-refractivity contribution is 0.892. The molecule has 0 atom stereocenters. The SMILES string of the molecule is NC1=CC=C(c2ccc(N)cc2)CC1(Cl)Cl.Nc1cc(Br)ccc1Br. The minimum Gasteiger partial charge on any atom is -0.400 e. The normalized spacial score (nSPS) is 15.5. The highest BCUT2D eigenvalue weighted by molar-refractivity contribution is 9.11. The van der Waals surface area contributed by atoms with Crippen LogP contribution < -0.4 is 17.2 Å². The van der Waals surface area contributed by atoms with E-state index in [9.17, 15) is 0 Å². The second-order valence-electron chi connectivity index (χ2n) is 5.48. The molecule has 25 heavy (non-hydrogen) atoms. The fourth-order valence-electron chi connectivity index (χ4n) is 2.12. The van der Waals surface area contributed by atoms with Crippen LogP contribution in [-0.2, 0) is 0 Å². The van der Waals surface area contributed by atoms with Crippen molar-refractivity contribution in [2.75, 3.05) is 11.5 Å². The van der Waals surface area contributed by atoms with Crippen LogP contribution in [-0.4, -0.2) is 4.33 Å². The van der Waals surface area contributed by atoms with Gasteiger partial charge in [-0.05, 0) is 63.5 Å². The lowest BCUT2D eigenvalue weighted by Gasteiger charge is -2.25. The quantitative estimate of drug-likeness (QED) is 0.335. The molecule has 132 valence electrons. The van der Waals surface area contributed by atoms with Crippen molar-refractivity contribution in [2.45, 2.75) is 10.8 Å². The summed E-state index contributed by atoms with van der Waals surface area (Å²) in [5.74, 6) is 0. The predicted octanol–water partition coefficient (Wildman–Crippen LogP) is 5.87. The minimum atomic E-state index is -1.01. The van der Waals surface area contributed by atoms with E-state index in [2.05, 4.69) is 31.9 Å². The molecule has 0 heterocycles. The lowest BCUT2D eigenvalue weighted by Crippen LogP contribution is -2.25. The number of hydrogen-bond acceptors (Lipinski definition) is 3. The summed E-state index contributed by atoms with van der Waals surface area (Å²) in [4.78, 5) is 0. The van der Waals surface area contributed by atoms with Gasteiger partial charge in [0.25, 0.3) is 0 Å². The van der Waals surface area contributed by atoms with Gasteiger partial charge < -0.3 is 17.2 Å². The van der Waals surface area contributed by atoms with E-state index in [-0.39, 0.29) is 0 Å². The molecular weight excluding hydrogens is 489 g/mol. The Bertz CT molecular complexity index is 816. The van der Waals surface area contributed by atoms with Crippen molar-refractivity contribution in [1.29, 1.82) is 0 Å². The van der Waals surface area contributed by atoms with Crippen LogP contribution >= 0.6 is 55.1 Å². The highest BCUT2D eigenvalue weighted by Gasteiger charge is 2.31. The maximum Gasteiger partial charge on any atom is 0.161 e. The molecule has 7 heteroatoms. The molecule has 6 N–H and O–H groups in total. The summed E-state index contributed by atoms with van der Waals surface area (Å²) in [5.41, 5.74) is 21.0. The number of halogens is 4. The average molecular weight is 506 g/mol. The van der Waals surface area contributed by atoms with Gasteiger partial charge in [-0.25, -0.2) is 0 Å². The van der Waals surface area contributed by atoms with Crippen LogP contribution in [0, 0.1) is 0 Å². The first-order valence-electron chi connectivity index (χ1n) is 7.30. The Labute approximate surface area is 174 Å². The zero-order chi connectivity index (χ0) is 18.6. The first kappa shape index (κ1) is 20.2. The fraction of sp³-hybridized carbons (Fsp3) is 0.111. The molecule has 0 saturated heterocycles. The van der Waals surface area contributed by atoms with Gasteiger partial charge in [0.2, 0.25) is 0 Å². The fourth-order valence-corrected chi connectivity index (χ4v) is 3.16. The molecule has 2 aromatic carbocycles. The van der Waals surface area contributed by atoms with Crippen molar-refractivity contribution in [3.8, 4) is 0 Å². The van der Waals surface area contributed by atoms with Crippen LogP contribution in [0.15, 0.2) is 69.3 Å². The van der Waals surface area contributed by atoms with Crippen LogP contribution in [0.3, 0.4) is 0 Å². The Hall–Kier alpha value is -1.14.